The molecule has 110 heavy (non-hydrogen) atoms. The smallest absolute Gasteiger partial charge is 0.543 e. The fourth-order valence-electron chi connectivity index (χ4n) is 8.40. The number of aromatic amines is 1. The third-order valence-electron chi connectivity index (χ3n) is 14.2. The molecule has 0 saturated carbocycles. The quantitative estimate of drug-likeness (QED) is 0.0324. The number of benzene rings is 5. The minimum Gasteiger partial charge on any atom is -0.543 e. The molecule has 10 rings (SSSR count). The summed E-state index contributed by atoms with van der Waals surface area (Å²) in [4.78, 5) is 123. The molecule has 27 nitrogen and oxygen atoms in total. The molecule has 0 spiro atoms. The first-order valence-corrected chi connectivity index (χ1v) is 32.5. The van der Waals surface area contributed by atoms with Crippen LogP contribution in [-0.2, 0) is 45.9 Å². The van der Waals surface area contributed by atoms with E-state index in [-0.39, 0.29) is 157 Å². The van der Waals surface area contributed by atoms with Crippen LogP contribution in [0.3, 0.4) is 0 Å². The van der Waals surface area contributed by atoms with Gasteiger partial charge in [-0.1, -0.05) is 84.0 Å². The molecule has 0 radical (unpaired) electrons. The number of alkyl halides is 1. The number of methoxy groups -OCH3 is 1. The number of nitrogens with one attached hydrogen (secondary N) is 1. The summed E-state index contributed by atoms with van der Waals surface area (Å²) >= 11 is 3.26. The van der Waals surface area contributed by atoms with Crippen molar-refractivity contribution in [3.05, 3.63) is 266 Å². The normalized spacial score (nSPS) is 9.84. The van der Waals surface area contributed by atoms with Gasteiger partial charge in [0.1, 0.15) is 74.6 Å². The van der Waals surface area contributed by atoms with Crippen molar-refractivity contribution in [3.63, 3.8) is 0 Å². The zero-order valence-corrected chi connectivity index (χ0v) is 64.3. The summed E-state index contributed by atoms with van der Waals surface area (Å²) in [6.07, 6.45) is 0. The maximum atomic E-state index is 13.1. The molecule has 0 bridgehead atoms. The van der Waals surface area contributed by atoms with Gasteiger partial charge in [-0.25, -0.2) is 32.1 Å². The van der Waals surface area contributed by atoms with E-state index in [1.54, 1.807) is 55.6 Å². The number of ether oxygens (including phenoxy) is 1. The van der Waals surface area contributed by atoms with Gasteiger partial charge < -0.3 is 24.5 Å². The number of carboxylic acid groups (broad SMARTS) is 2. The van der Waals surface area contributed by atoms with Crippen molar-refractivity contribution >= 4 is 86.8 Å². The molecule has 1 N–H and O–H groups in total. The average Bonchev–Trinajstić information content (AvgIpc) is 1.67. The van der Waals surface area contributed by atoms with Crippen LogP contribution in [0.15, 0.2) is 152 Å². The van der Waals surface area contributed by atoms with Crippen molar-refractivity contribution in [1.29, 1.82) is 0 Å². The Bertz CT molecular complexity index is 4360. The predicted molar refractivity (Wildman–Crippen MR) is 387 cm³/mol. The molecule has 5 aromatic carbocycles. The van der Waals surface area contributed by atoms with Gasteiger partial charge in [0.2, 0.25) is 0 Å². The van der Waals surface area contributed by atoms with E-state index in [1.807, 2.05) is 6.92 Å². The summed E-state index contributed by atoms with van der Waals surface area (Å²) in [5.74, 6) is -6.71. The van der Waals surface area contributed by atoms with Gasteiger partial charge in [0, 0.05) is 80.8 Å². The molecule has 576 valence electrons. The molecule has 0 unspecified atom stereocenters. The standard InChI is InChI=1S/C16H19FN4O4.2C14H13FN2O2.C12H9FN2O4.C7H6BrF.C7H8N2O2.C3H8O.CH4.ClH.2Li/c1-19(24-3)15(22)13-9-14(16(23)20(2)25-4)21(18-13)10-11-5-7-12(17)8-6-11;2*1-9(18)13-7-14(10(2)19)17(16-13)8-11-3-5-12(15)6-4-11;13-8-3-1-7(2-4-8)6-15-10(12(18)19)5-9(14-15)11(16)17;8-5-6-1-3-7(9)4-2-6;1-4(10)6-3-7(5(2)11)9-8-6;1-3-4-2;;;;/h5-9H,10H2,1-4H3;2*3-7H,8H2,1-2H3;1-5H,6H2,(H,16,17)(H,18,19);1-4H,5H2;3H,1-2H3,(H,8,9);3H2,1-2H3;1H4;1H;;/q;;;;;;;;;2*+1/p-2. The topological polar surface area (TPSA) is 351 Å². The number of rotatable bonds is 22. The van der Waals surface area contributed by atoms with E-state index in [2.05, 4.69) is 51.3 Å². The molecule has 5 aromatic heterocycles. The van der Waals surface area contributed by atoms with Crippen LogP contribution in [-0.4, -0.2) is 160 Å². The number of H-pyrrole nitrogens is 1. The van der Waals surface area contributed by atoms with Crippen LogP contribution in [0.5, 0.6) is 0 Å². The Kier molecular flexibility index (Phi) is 44.9. The molecule has 5 heterocycles. The summed E-state index contributed by atoms with van der Waals surface area (Å²) in [6, 6.07) is 36.0. The van der Waals surface area contributed by atoms with Crippen LogP contribution < -0.4 is 47.9 Å². The van der Waals surface area contributed by atoms with Gasteiger partial charge in [-0.05, 0) is 120 Å². The summed E-state index contributed by atoms with van der Waals surface area (Å²) < 4.78 is 73.4. The van der Waals surface area contributed by atoms with Crippen molar-refractivity contribution in [2.45, 2.75) is 87.4 Å². The maximum absolute atomic E-state index is 13.1. The number of carbonyl (C=O) groups excluding carboxylic acids is 10. The number of ketones is 6. The van der Waals surface area contributed by atoms with Crippen LogP contribution >= 0.6 is 28.3 Å². The second-order valence-electron chi connectivity index (χ2n) is 22.2. The zero-order valence-electron chi connectivity index (χ0n) is 61.9. The number of aromatic carboxylic acids is 2. The van der Waals surface area contributed by atoms with Crippen molar-refractivity contribution < 1.29 is 132 Å². The molecule has 36 heteroatoms. The summed E-state index contributed by atoms with van der Waals surface area (Å²) in [5.41, 5.74) is 5.23. The van der Waals surface area contributed by atoms with Gasteiger partial charge in [-0.2, -0.15) is 25.5 Å². The number of amides is 2. The molecule has 2 amide bonds. The Morgan fingerprint density at radius 2 is 0.691 bits per heavy atom. The van der Waals surface area contributed by atoms with E-state index in [0.717, 1.165) is 55.1 Å². The Morgan fingerprint density at radius 1 is 0.409 bits per heavy atom. The average molecular weight is 1600 g/mol. The first-order chi connectivity index (χ1) is 50.1. The van der Waals surface area contributed by atoms with Crippen molar-refractivity contribution in [1.82, 2.24) is 59.4 Å². The SMILES string of the molecule is C.CC(=O)c1cc(C(C)=O)[nH]n1.CC(=O)c1cc(C(C)=O)n(Cc2ccc(F)cc2)n1.CC(=O)c1cc(C(C)=O)n(Cc2ccc(F)cc2)n1.CCOC.CON(C)C(=O)c1cc(C(=O)N(C)OC)n(Cc2ccc(F)cc2)n1.Cl.Fc1ccc(CBr)cc1.O=C([O-])c1cc(C(=O)[O-])n(Cc2ccc(F)cc2)n1.[Li+].[Li+]. The van der Waals surface area contributed by atoms with Crippen molar-refractivity contribution in [2.24, 2.45) is 0 Å². The number of hydroxylamine groups is 4. The van der Waals surface area contributed by atoms with Crippen molar-refractivity contribution in [2.75, 3.05) is 42.0 Å². The largest absolute Gasteiger partial charge is 1.00 e. The third kappa shape index (κ3) is 32.4. The van der Waals surface area contributed by atoms with E-state index in [0.29, 0.717) is 41.4 Å². The number of Topliss-reactive ketones (excluding diaryl/α,β-unsaturated/α-hetero) is 6. The Balaban J connectivity index is 0.00000130. The number of aromatic nitrogens is 10. The van der Waals surface area contributed by atoms with Gasteiger partial charge in [-0.3, -0.25) is 71.9 Å². The van der Waals surface area contributed by atoms with Gasteiger partial charge in [0.15, 0.2) is 40.4 Å². The van der Waals surface area contributed by atoms with Crippen molar-refractivity contribution in [3.8, 4) is 0 Å². The number of hydrogen-bond acceptors (Lipinski definition) is 20. The van der Waals surface area contributed by atoms with Gasteiger partial charge in [0.25, 0.3) is 11.8 Å². The molecule has 10 aromatic rings. The summed E-state index contributed by atoms with van der Waals surface area (Å²) in [5, 5.41) is 46.4. The minimum atomic E-state index is -1.58. The van der Waals surface area contributed by atoms with Crippen LogP contribution in [0.2, 0.25) is 0 Å². The summed E-state index contributed by atoms with van der Waals surface area (Å²) in [7, 11) is 7.26. The molecular weight excluding hydrogens is 1520 g/mol. The number of halogens is 7. The molecule has 0 aliphatic carbocycles. The molecule has 0 atom stereocenters. The van der Waals surface area contributed by atoms with Gasteiger partial charge in [0.05, 0.1) is 58.0 Å². The first-order valence-electron chi connectivity index (χ1n) is 31.4. The Morgan fingerprint density at radius 3 is 0.955 bits per heavy atom. The van der Waals surface area contributed by atoms with Crippen LogP contribution in [0.1, 0.15) is 189 Å². The maximum Gasteiger partial charge on any atom is 1.00 e. The van der Waals surface area contributed by atoms with Crippen LogP contribution in [0.4, 0.5) is 22.0 Å². The van der Waals surface area contributed by atoms with Crippen LogP contribution in [0.25, 0.3) is 0 Å². The first kappa shape index (κ1) is 99.5. The monoisotopic (exact) mass is 1600 g/mol. The molecule has 0 fully saturated rings. The van der Waals surface area contributed by atoms with E-state index < -0.39 is 35.3 Å². The number of carbonyl (C=O) groups is 10. The second-order valence-corrected chi connectivity index (χ2v) is 22.7. The number of hydrogen-bond donors (Lipinski definition) is 1. The second kappa shape index (κ2) is 49.6. The van der Waals surface area contributed by atoms with E-state index in [9.17, 15) is 80.1 Å². The number of carboxylic acids is 2. The molecular formula is C74H79BrClF5Li2N12O15. The van der Waals surface area contributed by atoms with Crippen LogP contribution in [0, 0.1) is 29.1 Å². The Hall–Kier alpha value is -10.5. The third-order valence-corrected chi connectivity index (χ3v) is 14.8. The van der Waals surface area contributed by atoms with E-state index in [4.69, 9.17) is 9.68 Å². The molecule has 0 saturated heterocycles. The Labute approximate surface area is 669 Å². The van der Waals surface area contributed by atoms with E-state index in [1.165, 1.54) is 181 Å². The fraction of sp³-hybridized carbons (Fsp3) is 0.257. The van der Waals surface area contributed by atoms with Gasteiger partial charge in [-0.15, -0.1) is 12.4 Å². The van der Waals surface area contributed by atoms with E-state index >= 15 is 0 Å². The minimum absolute atomic E-state index is 0. The molecule has 0 aliphatic rings. The predicted octanol–water partition coefficient (Wildman–Crippen LogP) is 4.34. The zero-order chi connectivity index (χ0) is 79.1. The number of nitrogens with zero attached hydrogens (tertiary/aromatic N) is 11. The summed E-state index contributed by atoms with van der Waals surface area (Å²) in [6.45, 7) is 12.0. The molecule has 0 aliphatic heterocycles. The van der Waals surface area contributed by atoms with Gasteiger partial charge >= 0.3 is 37.7 Å². The fourth-order valence-corrected chi connectivity index (χ4v) is 8.77.